The highest BCUT2D eigenvalue weighted by molar-refractivity contribution is 5.00. The number of hydrogen-bond donors (Lipinski definition) is 0. The molecule has 2 aliphatic rings. The molecule has 0 spiro atoms. The highest BCUT2D eigenvalue weighted by Crippen LogP contribution is 2.41. The standard InChI is InChI=1S/C12H23NO2/c1-12(2,3)8-6-14-11-9(13(4)5)7-15-10(8)11/h8-11H,6-7H2,1-5H3. The van der Waals surface area contributed by atoms with Gasteiger partial charge in [-0.3, -0.25) is 0 Å². The average Bonchev–Trinajstić information content (AvgIpc) is 2.56. The highest BCUT2D eigenvalue weighted by Gasteiger charge is 2.51. The monoisotopic (exact) mass is 213 g/mol. The van der Waals surface area contributed by atoms with Crippen LogP contribution in [0.4, 0.5) is 0 Å². The Hall–Kier alpha value is -0.120. The smallest absolute Gasteiger partial charge is 0.102 e. The van der Waals surface area contributed by atoms with Crippen LogP contribution < -0.4 is 0 Å². The van der Waals surface area contributed by atoms with Crippen molar-refractivity contribution in [1.29, 1.82) is 0 Å². The van der Waals surface area contributed by atoms with E-state index in [0.29, 0.717) is 18.1 Å². The zero-order valence-electron chi connectivity index (χ0n) is 10.5. The van der Waals surface area contributed by atoms with Crippen LogP contribution in [0.15, 0.2) is 0 Å². The summed E-state index contributed by atoms with van der Waals surface area (Å²) in [5.41, 5.74) is 0.278. The van der Waals surface area contributed by atoms with E-state index in [4.69, 9.17) is 9.47 Å². The Morgan fingerprint density at radius 3 is 2.13 bits per heavy atom. The zero-order chi connectivity index (χ0) is 11.2. The second-order valence-electron chi connectivity index (χ2n) is 6.10. The molecule has 0 radical (unpaired) electrons. The minimum Gasteiger partial charge on any atom is -0.373 e. The van der Waals surface area contributed by atoms with Gasteiger partial charge in [0, 0.05) is 5.92 Å². The fourth-order valence-electron chi connectivity index (χ4n) is 2.66. The van der Waals surface area contributed by atoms with Crippen LogP contribution in [0.2, 0.25) is 0 Å². The van der Waals surface area contributed by atoms with Crippen molar-refractivity contribution < 1.29 is 9.47 Å². The summed E-state index contributed by atoms with van der Waals surface area (Å²) in [5, 5.41) is 0. The molecular formula is C12H23NO2. The van der Waals surface area contributed by atoms with Gasteiger partial charge in [0.1, 0.15) is 6.10 Å². The lowest BCUT2D eigenvalue weighted by molar-refractivity contribution is 0.0321. The summed E-state index contributed by atoms with van der Waals surface area (Å²) in [6.45, 7) is 8.49. The van der Waals surface area contributed by atoms with E-state index in [1.807, 2.05) is 0 Å². The predicted octanol–water partition coefficient (Wildman–Crippen LogP) is 1.38. The van der Waals surface area contributed by atoms with E-state index >= 15 is 0 Å². The Morgan fingerprint density at radius 1 is 1.00 bits per heavy atom. The molecule has 3 nitrogen and oxygen atoms in total. The second-order valence-corrected chi connectivity index (χ2v) is 6.10. The van der Waals surface area contributed by atoms with E-state index in [0.717, 1.165) is 13.2 Å². The lowest BCUT2D eigenvalue weighted by Crippen LogP contribution is -2.40. The fraction of sp³-hybridized carbons (Fsp3) is 1.00. The predicted molar refractivity (Wildman–Crippen MR) is 59.9 cm³/mol. The third-order valence-electron chi connectivity index (χ3n) is 3.80. The molecule has 2 saturated heterocycles. The molecule has 4 unspecified atom stereocenters. The van der Waals surface area contributed by atoms with Crippen LogP contribution in [0.3, 0.4) is 0 Å². The number of likely N-dealkylation sites (N-methyl/N-ethyl adjacent to an activating group) is 1. The van der Waals surface area contributed by atoms with Crippen LogP contribution >= 0.6 is 0 Å². The molecule has 2 fully saturated rings. The maximum absolute atomic E-state index is 5.92. The minimum atomic E-state index is 0.278. The summed E-state index contributed by atoms with van der Waals surface area (Å²) in [6.07, 6.45) is 0.585. The Kier molecular flexibility index (Phi) is 2.82. The summed E-state index contributed by atoms with van der Waals surface area (Å²) < 4.78 is 11.8. The molecule has 2 rings (SSSR count). The van der Waals surface area contributed by atoms with Crippen LogP contribution in [0.25, 0.3) is 0 Å². The Bertz CT molecular complexity index is 234. The molecule has 0 saturated carbocycles. The first kappa shape index (κ1) is 11.4. The molecule has 88 valence electrons. The van der Waals surface area contributed by atoms with Gasteiger partial charge in [-0.1, -0.05) is 20.8 Å². The summed E-state index contributed by atoms with van der Waals surface area (Å²) in [5.74, 6) is 0.535. The van der Waals surface area contributed by atoms with E-state index in [9.17, 15) is 0 Å². The van der Waals surface area contributed by atoms with Gasteiger partial charge in [-0.05, 0) is 19.5 Å². The summed E-state index contributed by atoms with van der Waals surface area (Å²) >= 11 is 0. The Morgan fingerprint density at radius 2 is 1.60 bits per heavy atom. The third-order valence-corrected chi connectivity index (χ3v) is 3.80. The van der Waals surface area contributed by atoms with E-state index in [1.54, 1.807) is 0 Å². The SMILES string of the molecule is CN(C)C1COC2C1OCC2C(C)(C)C. The van der Waals surface area contributed by atoms with Crippen molar-refractivity contribution in [2.45, 2.75) is 39.0 Å². The lowest BCUT2D eigenvalue weighted by Gasteiger charge is -2.29. The second kappa shape index (κ2) is 3.72. The number of nitrogens with zero attached hydrogens (tertiary/aromatic N) is 1. The number of hydrogen-bond acceptors (Lipinski definition) is 3. The Balaban J connectivity index is 2.09. The van der Waals surface area contributed by atoms with Crippen molar-refractivity contribution in [3.8, 4) is 0 Å². The molecule has 2 aliphatic heterocycles. The minimum absolute atomic E-state index is 0.278. The van der Waals surface area contributed by atoms with Crippen molar-refractivity contribution in [3.05, 3.63) is 0 Å². The van der Waals surface area contributed by atoms with Crippen LogP contribution in [0.5, 0.6) is 0 Å². The average molecular weight is 213 g/mol. The largest absolute Gasteiger partial charge is 0.373 e. The van der Waals surface area contributed by atoms with Crippen LogP contribution in [-0.4, -0.2) is 50.5 Å². The van der Waals surface area contributed by atoms with Gasteiger partial charge in [0.05, 0.1) is 25.4 Å². The molecule has 4 atom stereocenters. The van der Waals surface area contributed by atoms with Crippen molar-refractivity contribution in [1.82, 2.24) is 4.90 Å². The van der Waals surface area contributed by atoms with E-state index in [2.05, 4.69) is 39.8 Å². The molecule has 15 heavy (non-hydrogen) atoms. The first-order valence-electron chi connectivity index (χ1n) is 5.81. The summed E-state index contributed by atoms with van der Waals surface area (Å²) in [7, 11) is 4.20. The highest BCUT2D eigenvalue weighted by atomic mass is 16.6. The topological polar surface area (TPSA) is 21.7 Å². The third kappa shape index (κ3) is 1.93. The molecule has 0 aromatic heterocycles. The van der Waals surface area contributed by atoms with Crippen molar-refractivity contribution in [2.24, 2.45) is 11.3 Å². The molecule has 0 aromatic rings. The van der Waals surface area contributed by atoms with Gasteiger partial charge < -0.3 is 14.4 Å². The van der Waals surface area contributed by atoms with E-state index in [1.165, 1.54) is 0 Å². The summed E-state index contributed by atoms with van der Waals surface area (Å²) in [4.78, 5) is 2.22. The number of ether oxygens (including phenoxy) is 2. The van der Waals surface area contributed by atoms with E-state index < -0.39 is 0 Å². The molecule has 3 heteroatoms. The van der Waals surface area contributed by atoms with E-state index in [-0.39, 0.29) is 11.5 Å². The van der Waals surface area contributed by atoms with Crippen LogP contribution in [-0.2, 0) is 9.47 Å². The van der Waals surface area contributed by atoms with Gasteiger partial charge in [-0.2, -0.15) is 0 Å². The van der Waals surface area contributed by atoms with Crippen LogP contribution in [0.1, 0.15) is 20.8 Å². The van der Waals surface area contributed by atoms with Gasteiger partial charge >= 0.3 is 0 Å². The van der Waals surface area contributed by atoms with Gasteiger partial charge in [0.15, 0.2) is 0 Å². The van der Waals surface area contributed by atoms with Gasteiger partial charge in [-0.25, -0.2) is 0 Å². The van der Waals surface area contributed by atoms with Crippen molar-refractivity contribution in [3.63, 3.8) is 0 Å². The van der Waals surface area contributed by atoms with Gasteiger partial charge in [0.2, 0.25) is 0 Å². The molecule has 0 aromatic carbocycles. The zero-order valence-corrected chi connectivity index (χ0v) is 10.5. The lowest BCUT2D eigenvalue weighted by atomic mass is 9.77. The molecule has 0 N–H and O–H groups in total. The fourth-order valence-corrected chi connectivity index (χ4v) is 2.66. The maximum atomic E-state index is 5.92. The molecular weight excluding hydrogens is 190 g/mol. The molecule has 0 amide bonds. The number of rotatable bonds is 1. The van der Waals surface area contributed by atoms with Crippen molar-refractivity contribution >= 4 is 0 Å². The molecule has 0 bridgehead atoms. The van der Waals surface area contributed by atoms with Crippen molar-refractivity contribution in [2.75, 3.05) is 27.3 Å². The molecule has 0 aliphatic carbocycles. The quantitative estimate of drug-likeness (QED) is 0.657. The molecule has 2 heterocycles. The van der Waals surface area contributed by atoms with Gasteiger partial charge in [0.25, 0.3) is 0 Å². The Labute approximate surface area is 92.7 Å². The van der Waals surface area contributed by atoms with Crippen LogP contribution in [0, 0.1) is 11.3 Å². The summed E-state index contributed by atoms with van der Waals surface area (Å²) in [6, 6.07) is 0.433. The number of fused-ring (bicyclic) bond motifs is 1. The first-order chi connectivity index (χ1) is 6.91. The van der Waals surface area contributed by atoms with Gasteiger partial charge in [-0.15, -0.1) is 0 Å². The maximum Gasteiger partial charge on any atom is 0.102 e. The first-order valence-corrected chi connectivity index (χ1v) is 5.81. The normalized spacial score (nSPS) is 41.2.